The van der Waals surface area contributed by atoms with E-state index in [-0.39, 0.29) is 24.4 Å². The number of anilines is 1. The van der Waals surface area contributed by atoms with Crippen LogP contribution in [-0.4, -0.2) is 40.4 Å². The fourth-order valence-corrected chi connectivity index (χ4v) is 5.41. The van der Waals surface area contributed by atoms with Gasteiger partial charge in [0.1, 0.15) is 0 Å². The summed E-state index contributed by atoms with van der Waals surface area (Å²) in [7, 11) is 0. The molecule has 29 heavy (non-hydrogen) atoms. The second-order valence-corrected chi connectivity index (χ2v) is 8.99. The van der Waals surface area contributed by atoms with Crippen LogP contribution in [0.1, 0.15) is 70.8 Å². The third-order valence-electron chi connectivity index (χ3n) is 5.78. The Hall–Kier alpha value is -1.20. The summed E-state index contributed by atoms with van der Waals surface area (Å²) in [5.41, 5.74) is 2.24. The minimum Gasteiger partial charge on any atom is -0.347 e. The number of carbonyl (C=O) groups is 1. The number of amides is 1. The zero-order chi connectivity index (χ0) is 19.8. The largest absolute Gasteiger partial charge is 0.347 e. The molecular formula is C23H36ClN3OS. The molecule has 0 radical (unpaired) electrons. The van der Waals surface area contributed by atoms with Gasteiger partial charge in [0, 0.05) is 30.4 Å². The molecule has 3 rings (SSSR count). The number of amidine groups is 1. The van der Waals surface area contributed by atoms with Crippen molar-refractivity contribution in [3.05, 3.63) is 29.8 Å². The van der Waals surface area contributed by atoms with E-state index in [1.807, 2.05) is 23.9 Å². The fraction of sp³-hybridized carbons (Fsp3) is 0.652. The summed E-state index contributed by atoms with van der Waals surface area (Å²) in [6, 6.07) is 9.05. The first-order valence-electron chi connectivity index (χ1n) is 11.1. The average Bonchev–Trinajstić information content (AvgIpc) is 3.09. The predicted molar refractivity (Wildman–Crippen MR) is 128 cm³/mol. The third kappa shape index (κ3) is 7.21. The molecule has 6 heteroatoms. The first-order valence-corrected chi connectivity index (χ1v) is 12.0. The summed E-state index contributed by atoms with van der Waals surface area (Å²) < 4.78 is 0. The summed E-state index contributed by atoms with van der Waals surface area (Å²) in [4.78, 5) is 20.0. The number of aliphatic imine (C=N–C) groups is 1. The van der Waals surface area contributed by atoms with Gasteiger partial charge >= 0.3 is 0 Å². The van der Waals surface area contributed by atoms with Gasteiger partial charge in [0.15, 0.2) is 5.17 Å². The van der Waals surface area contributed by atoms with Crippen LogP contribution in [0.4, 0.5) is 5.69 Å². The fourth-order valence-electron chi connectivity index (χ4n) is 4.10. The van der Waals surface area contributed by atoms with Crippen LogP contribution in [0.25, 0.3) is 0 Å². The molecule has 1 amide bonds. The first kappa shape index (κ1) is 24.1. The number of rotatable bonds is 8. The van der Waals surface area contributed by atoms with Gasteiger partial charge < -0.3 is 10.2 Å². The maximum absolute atomic E-state index is 12.6. The number of hydrogen-bond acceptors (Lipinski definition) is 3. The number of nitrogens with zero attached hydrogens (tertiary/aromatic N) is 2. The highest BCUT2D eigenvalue weighted by Crippen LogP contribution is 2.29. The van der Waals surface area contributed by atoms with Gasteiger partial charge in [-0.25, -0.2) is 0 Å². The minimum atomic E-state index is 0. The quantitative estimate of drug-likeness (QED) is 0.550. The van der Waals surface area contributed by atoms with Crippen LogP contribution in [0.2, 0.25) is 0 Å². The lowest BCUT2D eigenvalue weighted by atomic mass is 9.96. The van der Waals surface area contributed by atoms with Gasteiger partial charge in [0.2, 0.25) is 5.91 Å². The summed E-state index contributed by atoms with van der Waals surface area (Å²) in [5, 5.41) is 4.24. The standard InChI is InChI=1S/C23H35N3OS.ClH/c1-3-5-9-18-12-14-20(15-13-18)24-22(27)16-21-17-28-23(26(21)4-2)25-19-10-7-6-8-11-19;/h12-15,19,21H,3-11,16-17H2,1-2H3,(H,24,27);1H. The predicted octanol–water partition coefficient (Wildman–Crippen LogP) is 5.91. The molecule has 1 saturated heterocycles. The molecule has 0 bridgehead atoms. The maximum Gasteiger partial charge on any atom is 0.226 e. The Morgan fingerprint density at radius 3 is 2.55 bits per heavy atom. The maximum atomic E-state index is 12.6. The minimum absolute atomic E-state index is 0. The second kappa shape index (κ2) is 12.5. The van der Waals surface area contributed by atoms with Gasteiger partial charge in [-0.15, -0.1) is 12.4 Å². The molecule has 2 aliphatic rings. The normalized spacial score (nSPS) is 21.2. The van der Waals surface area contributed by atoms with Gasteiger partial charge in [0.05, 0.1) is 6.04 Å². The van der Waals surface area contributed by atoms with E-state index in [1.165, 1.54) is 50.5 Å². The summed E-state index contributed by atoms with van der Waals surface area (Å²) in [6.07, 6.45) is 10.5. The molecule has 0 aromatic heterocycles. The van der Waals surface area contributed by atoms with E-state index in [4.69, 9.17) is 4.99 Å². The Morgan fingerprint density at radius 2 is 1.90 bits per heavy atom. The van der Waals surface area contributed by atoms with Crippen LogP contribution in [0.15, 0.2) is 29.3 Å². The Morgan fingerprint density at radius 1 is 1.17 bits per heavy atom. The van der Waals surface area contributed by atoms with Gasteiger partial charge in [-0.3, -0.25) is 9.79 Å². The van der Waals surface area contributed by atoms with Crippen molar-refractivity contribution >= 4 is 40.9 Å². The molecule has 1 N–H and O–H groups in total. The van der Waals surface area contributed by atoms with Gasteiger partial charge in [-0.1, -0.05) is 56.5 Å². The molecule has 0 spiro atoms. The summed E-state index contributed by atoms with van der Waals surface area (Å²) in [6.45, 7) is 5.30. The van der Waals surface area contributed by atoms with Crippen molar-refractivity contribution in [2.24, 2.45) is 4.99 Å². The van der Waals surface area contributed by atoms with Gasteiger partial charge in [-0.2, -0.15) is 0 Å². The van der Waals surface area contributed by atoms with E-state index >= 15 is 0 Å². The lowest BCUT2D eigenvalue weighted by Gasteiger charge is -2.26. The molecule has 1 aliphatic carbocycles. The SMILES string of the molecule is CCCCc1ccc(NC(=O)CC2CSC(=NC3CCCCC3)N2CC)cc1.Cl. The Bertz CT molecular complexity index is 659. The lowest BCUT2D eigenvalue weighted by Crippen LogP contribution is -2.37. The van der Waals surface area contributed by atoms with Crippen molar-refractivity contribution in [2.45, 2.75) is 83.7 Å². The van der Waals surface area contributed by atoms with Crippen LogP contribution in [0.5, 0.6) is 0 Å². The molecule has 1 aromatic rings. The number of nitrogens with one attached hydrogen (secondary N) is 1. The Kier molecular flexibility index (Phi) is 10.4. The summed E-state index contributed by atoms with van der Waals surface area (Å²) in [5.74, 6) is 1.06. The molecule has 1 unspecified atom stereocenters. The monoisotopic (exact) mass is 437 g/mol. The zero-order valence-electron chi connectivity index (χ0n) is 17.9. The van der Waals surface area contributed by atoms with Crippen molar-refractivity contribution in [3.63, 3.8) is 0 Å². The average molecular weight is 438 g/mol. The van der Waals surface area contributed by atoms with Gasteiger partial charge in [0.25, 0.3) is 0 Å². The second-order valence-electron chi connectivity index (χ2n) is 8.01. The van der Waals surface area contributed by atoms with Crippen molar-refractivity contribution < 1.29 is 4.79 Å². The van der Waals surface area contributed by atoms with Crippen LogP contribution in [-0.2, 0) is 11.2 Å². The molecule has 1 aliphatic heterocycles. The molecule has 1 saturated carbocycles. The van der Waals surface area contributed by atoms with E-state index in [9.17, 15) is 4.79 Å². The number of halogens is 1. The molecule has 1 atom stereocenters. The first-order chi connectivity index (χ1) is 13.7. The van der Waals surface area contributed by atoms with Crippen LogP contribution < -0.4 is 5.32 Å². The summed E-state index contributed by atoms with van der Waals surface area (Å²) >= 11 is 1.83. The topological polar surface area (TPSA) is 44.7 Å². The van der Waals surface area contributed by atoms with E-state index < -0.39 is 0 Å². The van der Waals surface area contributed by atoms with Crippen LogP contribution >= 0.6 is 24.2 Å². The number of unbranched alkanes of at least 4 members (excludes halogenated alkanes) is 1. The zero-order valence-corrected chi connectivity index (χ0v) is 19.5. The lowest BCUT2D eigenvalue weighted by molar-refractivity contribution is -0.116. The third-order valence-corrected chi connectivity index (χ3v) is 6.93. The van der Waals surface area contributed by atoms with Crippen LogP contribution in [0.3, 0.4) is 0 Å². The van der Waals surface area contributed by atoms with Crippen LogP contribution in [0, 0.1) is 0 Å². The van der Waals surface area contributed by atoms with Gasteiger partial charge in [-0.05, 0) is 50.3 Å². The number of benzene rings is 1. The van der Waals surface area contributed by atoms with E-state index in [0.717, 1.165) is 29.6 Å². The molecule has 1 aromatic carbocycles. The highest BCUT2D eigenvalue weighted by molar-refractivity contribution is 8.14. The van der Waals surface area contributed by atoms with E-state index in [1.54, 1.807) is 0 Å². The molecule has 4 nitrogen and oxygen atoms in total. The number of thioether (sulfide) groups is 1. The molecule has 2 fully saturated rings. The highest BCUT2D eigenvalue weighted by Gasteiger charge is 2.31. The number of aryl methyl sites for hydroxylation is 1. The number of hydrogen-bond donors (Lipinski definition) is 1. The molecule has 162 valence electrons. The van der Waals surface area contributed by atoms with Crippen molar-refractivity contribution in [3.8, 4) is 0 Å². The van der Waals surface area contributed by atoms with Crippen molar-refractivity contribution in [1.82, 2.24) is 4.90 Å². The molecule has 1 heterocycles. The van der Waals surface area contributed by atoms with Crippen molar-refractivity contribution in [1.29, 1.82) is 0 Å². The Balaban J connectivity index is 0.00000300. The Labute approximate surface area is 186 Å². The van der Waals surface area contributed by atoms with Crippen molar-refractivity contribution in [2.75, 3.05) is 17.6 Å². The van der Waals surface area contributed by atoms with E-state index in [2.05, 4.69) is 36.2 Å². The smallest absolute Gasteiger partial charge is 0.226 e. The number of carbonyl (C=O) groups excluding carboxylic acids is 1. The molecular weight excluding hydrogens is 402 g/mol. The van der Waals surface area contributed by atoms with E-state index in [0.29, 0.717) is 12.5 Å². The highest BCUT2D eigenvalue weighted by atomic mass is 35.5.